The van der Waals surface area contributed by atoms with Crippen LogP contribution in [0.3, 0.4) is 0 Å². The Morgan fingerprint density at radius 2 is 1.59 bits per heavy atom. The molecule has 0 aromatic heterocycles. The summed E-state index contributed by atoms with van der Waals surface area (Å²) in [5.41, 5.74) is -1.77. The predicted octanol–water partition coefficient (Wildman–Crippen LogP) is -0.0156. The number of aliphatic hydroxyl groups is 4. The molecule has 0 aromatic rings. The number of hydrogen-bond acceptors (Lipinski definition) is 8. The summed E-state index contributed by atoms with van der Waals surface area (Å²) in [5, 5.41) is 45.3. The molecule has 0 spiro atoms. The van der Waals surface area contributed by atoms with E-state index in [1.165, 1.54) is 0 Å². The van der Waals surface area contributed by atoms with Crippen molar-refractivity contribution in [2.75, 3.05) is 0 Å². The van der Waals surface area contributed by atoms with Gasteiger partial charge in [0, 0.05) is 12.3 Å². The van der Waals surface area contributed by atoms with Gasteiger partial charge < -0.3 is 25.0 Å². The van der Waals surface area contributed by atoms with Crippen molar-refractivity contribution < 1.29 is 67.1 Å². The van der Waals surface area contributed by atoms with Gasteiger partial charge in [-0.1, -0.05) is 34.6 Å². The molecule has 0 amide bonds. The third-order valence-corrected chi connectivity index (χ3v) is 11.8. The Balaban J connectivity index is 0.00000380. The summed E-state index contributed by atoms with van der Waals surface area (Å²) in [7, 11) is -4.78. The van der Waals surface area contributed by atoms with Crippen LogP contribution in [0.5, 0.6) is 0 Å². The van der Waals surface area contributed by atoms with Gasteiger partial charge in [-0.05, 0) is 91.8 Å². The van der Waals surface area contributed by atoms with Gasteiger partial charge in [0.15, 0.2) is 0 Å². The molecule has 210 valence electrons. The Morgan fingerprint density at radius 3 is 2.19 bits per heavy atom. The molecule has 0 radical (unpaired) electrons. The first-order chi connectivity index (χ1) is 16.5. The maximum atomic E-state index is 12.4. The van der Waals surface area contributed by atoms with Crippen LogP contribution in [0.1, 0.15) is 92.4 Å². The average molecular weight is 555 g/mol. The van der Waals surface area contributed by atoms with Gasteiger partial charge in [-0.25, -0.2) is 8.42 Å². The van der Waals surface area contributed by atoms with Crippen LogP contribution in [0.2, 0.25) is 0 Å². The van der Waals surface area contributed by atoms with Crippen molar-refractivity contribution in [2.45, 2.75) is 122 Å². The third kappa shape index (κ3) is 5.75. The Hall–Kier alpha value is 0.710. The topological polar surface area (TPSA) is 147 Å². The summed E-state index contributed by atoms with van der Waals surface area (Å²) >= 11 is 0. The number of fused-ring (bicyclic) bond motifs is 5. The van der Waals surface area contributed by atoms with Gasteiger partial charge in [0.05, 0.1) is 30.0 Å². The molecule has 37 heavy (non-hydrogen) atoms. The summed E-state index contributed by atoms with van der Waals surface area (Å²) < 4.78 is 38.4. The minimum Gasteiger partial charge on any atom is -0.726 e. The van der Waals surface area contributed by atoms with E-state index < -0.39 is 40.4 Å². The van der Waals surface area contributed by atoms with E-state index in [1.54, 1.807) is 0 Å². The van der Waals surface area contributed by atoms with Crippen molar-refractivity contribution in [2.24, 2.45) is 46.3 Å². The second-order valence-electron chi connectivity index (χ2n) is 13.6. The van der Waals surface area contributed by atoms with E-state index in [4.69, 9.17) is 4.18 Å². The molecule has 12 atom stereocenters. The molecule has 0 aliphatic heterocycles. The molecule has 0 heterocycles. The molecule has 4 aliphatic rings. The van der Waals surface area contributed by atoms with Gasteiger partial charge in [-0.3, -0.25) is 4.18 Å². The summed E-state index contributed by atoms with van der Waals surface area (Å²) in [6.45, 7) is 10.1. The zero-order valence-electron chi connectivity index (χ0n) is 23.5. The summed E-state index contributed by atoms with van der Waals surface area (Å²) in [6.07, 6.45) is 3.08. The largest absolute Gasteiger partial charge is 1.00 e. The van der Waals surface area contributed by atoms with E-state index in [0.29, 0.717) is 32.1 Å². The number of rotatable bonds is 7. The van der Waals surface area contributed by atoms with Crippen molar-refractivity contribution in [1.82, 2.24) is 0 Å². The van der Waals surface area contributed by atoms with Gasteiger partial charge in [0.2, 0.25) is 10.4 Å². The maximum Gasteiger partial charge on any atom is 1.00 e. The molecule has 8 nitrogen and oxygen atoms in total. The van der Waals surface area contributed by atoms with Crippen LogP contribution >= 0.6 is 0 Å². The van der Waals surface area contributed by atoms with Crippen molar-refractivity contribution in [1.29, 1.82) is 0 Å². The molecule has 0 saturated heterocycles. The zero-order valence-corrected chi connectivity index (χ0v) is 26.3. The fraction of sp³-hybridized carbons (Fsp3) is 1.00. The number of hydrogen-bond donors (Lipinski definition) is 4. The van der Waals surface area contributed by atoms with Crippen LogP contribution in [0.4, 0.5) is 0 Å². The average Bonchev–Trinajstić information content (AvgIpc) is 3.02. The van der Waals surface area contributed by atoms with E-state index in [9.17, 15) is 33.4 Å². The van der Waals surface area contributed by atoms with E-state index in [-0.39, 0.29) is 82.3 Å². The van der Waals surface area contributed by atoms with Crippen LogP contribution < -0.4 is 29.6 Å². The monoisotopic (exact) mass is 554 g/mol. The van der Waals surface area contributed by atoms with E-state index in [0.717, 1.165) is 19.3 Å². The molecule has 4 fully saturated rings. The summed E-state index contributed by atoms with van der Waals surface area (Å²) in [4.78, 5) is 0. The molecular weight excluding hydrogens is 507 g/mol. The summed E-state index contributed by atoms with van der Waals surface area (Å²) in [5.74, 6) is -0.301. The van der Waals surface area contributed by atoms with Gasteiger partial charge in [0.25, 0.3) is 0 Å². The van der Waals surface area contributed by atoms with Gasteiger partial charge in [-0.15, -0.1) is 0 Å². The molecule has 4 saturated carbocycles. The molecule has 4 rings (SSSR count). The third-order valence-electron chi connectivity index (χ3n) is 11.3. The quantitative estimate of drug-likeness (QED) is 0.195. The Bertz CT molecular complexity index is 916. The molecule has 4 N–H and O–H groups in total. The minimum absolute atomic E-state index is 0. The fourth-order valence-electron chi connectivity index (χ4n) is 9.68. The van der Waals surface area contributed by atoms with Crippen LogP contribution in [0, 0.1) is 46.3 Å². The summed E-state index contributed by atoms with van der Waals surface area (Å²) in [6, 6.07) is 0. The zero-order chi connectivity index (χ0) is 26.8. The van der Waals surface area contributed by atoms with E-state index in [2.05, 4.69) is 20.8 Å². The van der Waals surface area contributed by atoms with Crippen LogP contribution in [-0.2, 0) is 14.6 Å². The fourth-order valence-corrected chi connectivity index (χ4v) is 10.3. The van der Waals surface area contributed by atoms with Gasteiger partial charge in [-0.2, -0.15) is 0 Å². The normalized spacial score (nSPS) is 47.4. The Labute approximate surface area is 245 Å². The van der Waals surface area contributed by atoms with Crippen LogP contribution in [0.15, 0.2) is 0 Å². The first-order valence-corrected chi connectivity index (χ1v) is 15.3. The SMILES string of the molecule is CC(C)C(CC[C@@H](C)[C@H]1C[C@@H](O)[C@@H]2[C@]1(C)CC[C@@H]1[C@@]3(C)CC[C@H](O)C[C@@H]3[C@@H](O)C[C@]12O)OS(=O)(=O)[O-].[Na+]. The molecule has 4 aliphatic carbocycles. The Morgan fingerprint density at radius 1 is 0.973 bits per heavy atom. The molecule has 1 unspecified atom stereocenters. The van der Waals surface area contributed by atoms with Crippen LogP contribution in [0.25, 0.3) is 0 Å². The van der Waals surface area contributed by atoms with Crippen molar-refractivity contribution in [3.63, 3.8) is 0 Å². The molecule has 10 heteroatoms. The Kier molecular flexibility index (Phi) is 9.74. The van der Waals surface area contributed by atoms with Crippen LogP contribution in [-0.4, -0.2) is 63.4 Å². The molecular formula is C27H47NaO8S. The second kappa shape index (κ2) is 11.2. The van der Waals surface area contributed by atoms with E-state index in [1.807, 2.05) is 13.8 Å². The minimum atomic E-state index is -4.78. The maximum absolute atomic E-state index is 12.4. The first-order valence-electron chi connectivity index (χ1n) is 13.9. The van der Waals surface area contributed by atoms with Gasteiger partial charge >= 0.3 is 29.6 Å². The van der Waals surface area contributed by atoms with Gasteiger partial charge in [0.1, 0.15) is 0 Å². The van der Waals surface area contributed by atoms with Crippen molar-refractivity contribution >= 4 is 10.4 Å². The molecule has 0 aromatic carbocycles. The predicted molar refractivity (Wildman–Crippen MR) is 133 cm³/mol. The molecule has 0 bridgehead atoms. The van der Waals surface area contributed by atoms with Crippen molar-refractivity contribution in [3.05, 3.63) is 0 Å². The first kappa shape index (κ1) is 32.2. The second-order valence-corrected chi connectivity index (χ2v) is 14.6. The van der Waals surface area contributed by atoms with E-state index >= 15 is 0 Å². The van der Waals surface area contributed by atoms with Crippen molar-refractivity contribution in [3.8, 4) is 0 Å². The smallest absolute Gasteiger partial charge is 0.726 e. The standard InChI is InChI=1S/C27H48O8S.Na/c1-15(2)22(35-36(32,33)34)7-6-16(3)18-13-20(29)24-26(18,5)11-9-23-25(4)10-8-17(28)12-19(25)21(30)14-27(23,24)31;/h15-24,28-31H,6-14H2,1-5H3,(H,32,33,34);/q;+1/p-1/t16-,17+,18-,19-,20-,21+,22?,23-,24-,25+,26-,27+;/m1./s1. The number of aliphatic hydroxyl groups excluding tert-OH is 3.